The molecule has 4 rings (SSSR count). The van der Waals surface area contributed by atoms with Crippen molar-refractivity contribution in [2.75, 3.05) is 38.1 Å². The summed E-state index contributed by atoms with van der Waals surface area (Å²) < 4.78 is 95.2. The van der Waals surface area contributed by atoms with E-state index in [0.717, 1.165) is 50.5 Å². The van der Waals surface area contributed by atoms with Gasteiger partial charge in [-0.25, -0.2) is 24.4 Å². The van der Waals surface area contributed by atoms with Gasteiger partial charge in [0.25, 0.3) is 0 Å². The predicted molar refractivity (Wildman–Crippen MR) is 140 cm³/mol. The third-order valence-electron chi connectivity index (χ3n) is 6.37. The molecule has 47 heavy (non-hydrogen) atoms. The van der Waals surface area contributed by atoms with Crippen molar-refractivity contribution in [1.82, 2.24) is 24.8 Å². The van der Waals surface area contributed by atoms with E-state index in [4.69, 9.17) is 29.7 Å². The Morgan fingerprint density at radius 1 is 0.766 bits per heavy atom. The number of alkyl halides is 9. The first-order valence-electron chi connectivity index (χ1n) is 12.8. The molecule has 4 heterocycles. The molecular weight excluding hydrogens is 667 g/mol. The first-order chi connectivity index (χ1) is 21.5. The van der Waals surface area contributed by atoms with Crippen LogP contribution in [-0.4, -0.2) is 121 Å². The minimum atomic E-state index is -5.08. The number of piperidine rings is 1. The zero-order valence-electron chi connectivity index (χ0n) is 24.1. The summed E-state index contributed by atoms with van der Waals surface area (Å²) in [6, 6.07) is 5.77. The van der Waals surface area contributed by atoms with Crippen LogP contribution in [0.4, 0.5) is 45.5 Å². The summed E-state index contributed by atoms with van der Waals surface area (Å²) in [4.78, 5) is 59.3. The summed E-state index contributed by atoms with van der Waals surface area (Å²) in [6.45, 7) is 3.88. The van der Waals surface area contributed by atoms with Crippen LogP contribution in [-0.2, 0) is 25.7 Å². The monoisotopic (exact) mass is 694 g/mol. The smallest absolute Gasteiger partial charge is 0.475 e. The second-order valence-electron chi connectivity index (χ2n) is 9.49. The molecule has 0 saturated carbocycles. The zero-order valence-corrected chi connectivity index (χ0v) is 24.1. The molecule has 2 aromatic heterocycles. The molecule has 0 aromatic carbocycles. The van der Waals surface area contributed by atoms with Crippen molar-refractivity contribution in [1.29, 1.82) is 0 Å². The number of carboxylic acid groups (broad SMARTS) is 3. The van der Waals surface area contributed by atoms with Gasteiger partial charge in [-0.2, -0.15) is 39.5 Å². The Kier molecular flexibility index (Phi) is 14.3. The maximum Gasteiger partial charge on any atom is 0.490 e. The number of carbonyl (C=O) groups excluding carboxylic acids is 1. The van der Waals surface area contributed by atoms with E-state index in [1.54, 1.807) is 18.6 Å². The van der Waals surface area contributed by atoms with Crippen molar-refractivity contribution in [3.63, 3.8) is 0 Å². The number of carboxylic acids is 3. The van der Waals surface area contributed by atoms with Gasteiger partial charge < -0.3 is 25.1 Å². The summed E-state index contributed by atoms with van der Waals surface area (Å²) in [5.41, 5.74) is 0.668. The van der Waals surface area contributed by atoms with Crippen LogP contribution in [0.15, 0.2) is 43.0 Å². The minimum Gasteiger partial charge on any atom is -0.475 e. The summed E-state index contributed by atoms with van der Waals surface area (Å²) in [5.74, 6) is -7.28. The highest BCUT2D eigenvalue weighted by atomic mass is 19.4. The van der Waals surface area contributed by atoms with Crippen molar-refractivity contribution in [3.8, 4) is 0 Å². The maximum absolute atomic E-state index is 13.4. The molecule has 0 radical (unpaired) electrons. The number of amides is 1. The number of carbonyl (C=O) groups is 4. The van der Waals surface area contributed by atoms with Crippen LogP contribution in [0.2, 0.25) is 0 Å². The Hall–Kier alpha value is -4.76. The first-order valence-corrected chi connectivity index (χ1v) is 12.8. The quantitative estimate of drug-likeness (QED) is 0.401. The van der Waals surface area contributed by atoms with Gasteiger partial charge in [-0.15, -0.1) is 0 Å². The van der Waals surface area contributed by atoms with Gasteiger partial charge in [-0.3, -0.25) is 14.7 Å². The van der Waals surface area contributed by atoms with Crippen molar-refractivity contribution < 1.29 is 74.0 Å². The van der Waals surface area contributed by atoms with Crippen molar-refractivity contribution in [2.24, 2.45) is 0 Å². The molecule has 13 nitrogen and oxygen atoms in total. The van der Waals surface area contributed by atoms with Gasteiger partial charge in [0.05, 0.1) is 0 Å². The lowest BCUT2D eigenvalue weighted by Crippen LogP contribution is -2.67. The highest BCUT2D eigenvalue weighted by molar-refractivity contribution is 5.87. The Balaban J connectivity index is 0.000000430. The largest absolute Gasteiger partial charge is 0.490 e. The Morgan fingerprint density at radius 3 is 1.60 bits per heavy atom. The number of rotatable bonds is 3. The van der Waals surface area contributed by atoms with Gasteiger partial charge in [-0.1, -0.05) is 6.07 Å². The number of likely N-dealkylation sites (N-methyl/N-ethyl adjacent to an activating group) is 1. The van der Waals surface area contributed by atoms with E-state index in [2.05, 4.69) is 31.8 Å². The van der Waals surface area contributed by atoms with Gasteiger partial charge in [0.15, 0.2) is 0 Å². The molecule has 3 N–H and O–H groups in total. The van der Waals surface area contributed by atoms with E-state index < -0.39 is 42.0 Å². The van der Waals surface area contributed by atoms with E-state index in [0.29, 0.717) is 6.54 Å². The van der Waals surface area contributed by atoms with E-state index in [-0.39, 0.29) is 5.91 Å². The second kappa shape index (κ2) is 16.7. The van der Waals surface area contributed by atoms with Crippen LogP contribution in [0, 0.1) is 0 Å². The van der Waals surface area contributed by atoms with E-state index in [9.17, 15) is 44.3 Å². The van der Waals surface area contributed by atoms with Crippen LogP contribution in [0.3, 0.4) is 0 Å². The van der Waals surface area contributed by atoms with Crippen LogP contribution < -0.4 is 4.90 Å². The summed E-state index contributed by atoms with van der Waals surface area (Å²) >= 11 is 0. The van der Waals surface area contributed by atoms with Crippen LogP contribution >= 0.6 is 0 Å². The predicted octanol–water partition coefficient (Wildman–Crippen LogP) is 3.08. The van der Waals surface area contributed by atoms with Gasteiger partial charge in [-0.05, 0) is 37.6 Å². The Morgan fingerprint density at radius 2 is 1.21 bits per heavy atom. The molecule has 22 heteroatoms. The lowest BCUT2D eigenvalue weighted by Gasteiger charge is -2.51. The number of halogens is 9. The molecule has 2 fully saturated rings. The number of hydrogen-bond donors (Lipinski definition) is 3. The topological polar surface area (TPSA) is 177 Å². The zero-order chi connectivity index (χ0) is 36.2. The molecule has 0 atom stereocenters. The highest BCUT2D eigenvalue weighted by Gasteiger charge is 2.49. The lowest BCUT2D eigenvalue weighted by molar-refractivity contribution is -0.193. The molecule has 0 bridgehead atoms. The number of aromatic nitrogens is 3. The Bertz CT molecular complexity index is 1270. The molecule has 2 aromatic rings. The third-order valence-corrected chi connectivity index (χ3v) is 6.37. The molecule has 1 spiro atoms. The van der Waals surface area contributed by atoms with Gasteiger partial charge in [0.2, 0.25) is 11.9 Å². The molecule has 262 valence electrons. The van der Waals surface area contributed by atoms with Gasteiger partial charge in [0.1, 0.15) is 5.54 Å². The van der Waals surface area contributed by atoms with Crippen LogP contribution in [0.1, 0.15) is 18.4 Å². The minimum absolute atomic E-state index is 0.240. The van der Waals surface area contributed by atoms with Crippen molar-refractivity contribution >= 4 is 29.8 Å². The van der Waals surface area contributed by atoms with Crippen LogP contribution in [0.5, 0.6) is 0 Å². The Labute approximate surface area is 259 Å². The average molecular weight is 695 g/mol. The van der Waals surface area contributed by atoms with Crippen molar-refractivity contribution in [2.45, 2.75) is 43.5 Å². The van der Waals surface area contributed by atoms with Gasteiger partial charge >= 0.3 is 36.4 Å². The fraction of sp³-hybridized carbons (Fsp3) is 0.480. The normalized spacial score (nSPS) is 16.4. The number of pyridine rings is 1. The molecule has 2 aliphatic rings. The SMILES string of the molecule is CN1CCN(Cc2cccnc2)C(=O)C12CCN(c1ncccn1)CC2.O=C(O)C(F)(F)F.O=C(O)C(F)(F)F.O=C(O)C(F)(F)F. The number of nitrogens with zero attached hydrogens (tertiary/aromatic N) is 6. The number of hydrogen-bond acceptors (Lipinski definition) is 9. The van der Waals surface area contributed by atoms with Gasteiger partial charge in [0, 0.05) is 57.5 Å². The van der Waals surface area contributed by atoms with E-state index in [1.807, 2.05) is 29.3 Å². The summed E-state index contributed by atoms with van der Waals surface area (Å²) in [6.07, 6.45) is -6.53. The van der Waals surface area contributed by atoms with E-state index >= 15 is 0 Å². The van der Waals surface area contributed by atoms with E-state index in [1.165, 1.54) is 0 Å². The maximum atomic E-state index is 13.4. The second-order valence-corrected chi connectivity index (χ2v) is 9.49. The summed E-state index contributed by atoms with van der Waals surface area (Å²) in [5, 5.41) is 21.4. The lowest BCUT2D eigenvalue weighted by atomic mass is 9.82. The third kappa shape index (κ3) is 12.9. The number of aliphatic carboxylic acids is 3. The molecule has 0 unspecified atom stereocenters. The fourth-order valence-corrected chi connectivity index (χ4v) is 4.03. The molecule has 2 saturated heterocycles. The molecule has 0 aliphatic carbocycles. The molecule has 2 aliphatic heterocycles. The molecule has 1 amide bonds. The highest BCUT2D eigenvalue weighted by Crippen LogP contribution is 2.34. The van der Waals surface area contributed by atoms with Crippen LogP contribution in [0.25, 0.3) is 0 Å². The fourth-order valence-electron chi connectivity index (χ4n) is 4.03. The standard InChI is InChI=1S/C19H24N6O.3C2HF3O2/c1-23-12-13-25(15-16-4-2-7-20-14-16)17(26)19(23)5-10-24(11-6-19)18-21-8-3-9-22-18;3*3-2(4,5)1(6)7/h2-4,7-9,14H,5-6,10-13,15H2,1H3;3*(H,6,7). The average Bonchev–Trinajstić information content (AvgIpc) is 2.98. The number of piperazine rings is 1. The van der Waals surface area contributed by atoms with Crippen molar-refractivity contribution in [3.05, 3.63) is 48.5 Å². The summed E-state index contributed by atoms with van der Waals surface area (Å²) in [7, 11) is 2.08. The number of anilines is 1. The first kappa shape index (κ1) is 40.3. The molecular formula is C25H27F9N6O7.